The van der Waals surface area contributed by atoms with E-state index in [0.717, 1.165) is 5.56 Å². The number of amides is 2. The van der Waals surface area contributed by atoms with Gasteiger partial charge in [-0.3, -0.25) is 9.59 Å². The maximum Gasteiger partial charge on any atom is 0.251 e. The molecule has 1 atom stereocenters. The van der Waals surface area contributed by atoms with Crippen molar-refractivity contribution in [2.45, 2.75) is 20.4 Å². The standard InChI is InChI=1S/C14H21N3O2.ClH/c1-10(7-15)8-17-14(19)13-5-3-12(4-6-13)9-16-11(2)18;/h3-6,10H,7-9,15H2,1-2H3,(H,16,18)(H,17,19);1H. The fourth-order valence-electron chi connectivity index (χ4n) is 1.45. The fraction of sp³-hybridized carbons (Fsp3) is 0.429. The summed E-state index contributed by atoms with van der Waals surface area (Å²) in [5, 5.41) is 5.54. The molecule has 6 heteroatoms. The molecule has 0 aromatic heterocycles. The normalized spacial score (nSPS) is 11.2. The summed E-state index contributed by atoms with van der Waals surface area (Å²) in [7, 11) is 0. The minimum absolute atomic E-state index is 0. The van der Waals surface area contributed by atoms with E-state index in [0.29, 0.717) is 25.2 Å². The van der Waals surface area contributed by atoms with Crippen LogP contribution in [0.5, 0.6) is 0 Å². The first kappa shape index (κ1) is 18.4. The van der Waals surface area contributed by atoms with Crippen LogP contribution in [0.15, 0.2) is 24.3 Å². The highest BCUT2D eigenvalue weighted by atomic mass is 35.5. The third-order valence-corrected chi connectivity index (χ3v) is 2.77. The monoisotopic (exact) mass is 299 g/mol. The van der Waals surface area contributed by atoms with E-state index < -0.39 is 0 Å². The second-order valence-corrected chi connectivity index (χ2v) is 4.66. The smallest absolute Gasteiger partial charge is 0.251 e. The molecule has 2 amide bonds. The van der Waals surface area contributed by atoms with Gasteiger partial charge in [-0.1, -0.05) is 19.1 Å². The third kappa shape index (κ3) is 6.54. The first-order valence-electron chi connectivity index (χ1n) is 6.34. The lowest BCUT2D eigenvalue weighted by molar-refractivity contribution is -0.119. The van der Waals surface area contributed by atoms with E-state index >= 15 is 0 Å². The van der Waals surface area contributed by atoms with Crippen LogP contribution in [-0.2, 0) is 11.3 Å². The topological polar surface area (TPSA) is 84.2 Å². The molecule has 0 spiro atoms. The lowest BCUT2D eigenvalue weighted by atomic mass is 10.1. The largest absolute Gasteiger partial charge is 0.352 e. The van der Waals surface area contributed by atoms with Gasteiger partial charge in [0.2, 0.25) is 5.91 Å². The van der Waals surface area contributed by atoms with Crippen molar-refractivity contribution in [3.8, 4) is 0 Å². The van der Waals surface area contributed by atoms with Crippen LogP contribution >= 0.6 is 12.4 Å². The molecule has 1 rings (SSSR count). The maximum absolute atomic E-state index is 11.8. The van der Waals surface area contributed by atoms with Crippen LogP contribution in [0.2, 0.25) is 0 Å². The highest BCUT2D eigenvalue weighted by molar-refractivity contribution is 5.94. The van der Waals surface area contributed by atoms with Gasteiger partial charge in [0, 0.05) is 25.6 Å². The van der Waals surface area contributed by atoms with Crippen molar-refractivity contribution in [2.75, 3.05) is 13.1 Å². The average Bonchev–Trinajstić information content (AvgIpc) is 2.42. The number of carbonyl (C=O) groups excluding carboxylic acids is 2. The first-order chi connectivity index (χ1) is 9.02. The quantitative estimate of drug-likeness (QED) is 0.734. The molecule has 0 saturated heterocycles. The summed E-state index contributed by atoms with van der Waals surface area (Å²) in [5.74, 6) is 0.0898. The van der Waals surface area contributed by atoms with Crippen LogP contribution in [0.1, 0.15) is 29.8 Å². The van der Waals surface area contributed by atoms with Crippen molar-refractivity contribution in [2.24, 2.45) is 11.7 Å². The Kier molecular flexibility index (Phi) is 8.59. The van der Waals surface area contributed by atoms with Gasteiger partial charge in [-0.25, -0.2) is 0 Å². The van der Waals surface area contributed by atoms with Crippen LogP contribution in [0, 0.1) is 5.92 Å². The van der Waals surface area contributed by atoms with Gasteiger partial charge in [0.15, 0.2) is 0 Å². The minimum Gasteiger partial charge on any atom is -0.352 e. The number of benzene rings is 1. The van der Waals surface area contributed by atoms with E-state index in [1.165, 1.54) is 6.92 Å². The van der Waals surface area contributed by atoms with Gasteiger partial charge in [-0.05, 0) is 30.2 Å². The van der Waals surface area contributed by atoms with Gasteiger partial charge in [0.05, 0.1) is 0 Å². The van der Waals surface area contributed by atoms with E-state index in [-0.39, 0.29) is 30.1 Å². The van der Waals surface area contributed by atoms with Gasteiger partial charge in [0.25, 0.3) is 5.91 Å². The molecule has 5 nitrogen and oxygen atoms in total. The Morgan fingerprint density at radius 2 is 1.80 bits per heavy atom. The summed E-state index contributed by atoms with van der Waals surface area (Å²) < 4.78 is 0. The Hall–Kier alpha value is -1.59. The maximum atomic E-state index is 11.8. The molecule has 0 radical (unpaired) electrons. The van der Waals surface area contributed by atoms with Crippen molar-refractivity contribution in [3.05, 3.63) is 35.4 Å². The molecule has 0 aliphatic carbocycles. The van der Waals surface area contributed by atoms with Gasteiger partial charge in [-0.2, -0.15) is 0 Å². The van der Waals surface area contributed by atoms with E-state index in [2.05, 4.69) is 10.6 Å². The summed E-state index contributed by atoms with van der Waals surface area (Å²) in [6.07, 6.45) is 0. The molecule has 0 saturated carbocycles. The van der Waals surface area contributed by atoms with Crippen LogP contribution < -0.4 is 16.4 Å². The Morgan fingerprint density at radius 1 is 1.20 bits per heavy atom. The number of rotatable bonds is 6. The molecule has 0 fully saturated rings. The Balaban J connectivity index is 0.00000361. The van der Waals surface area contributed by atoms with Crippen LogP contribution in [-0.4, -0.2) is 24.9 Å². The molecule has 112 valence electrons. The van der Waals surface area contributed by atoms with Gasteiger partial charge in [0.1, 0.15) is 0 Å². The van der Waals surface area contributed by atoms with Gasteiger partial charge < -0.3 is 16.4 Å². The second-order valence-electron chi connectivity index (χ2n) is 4.66. The predicted octanol–water partition coefficient (Wildman–Crippen LogP) is 1.07. The van der Waals surface area contributed by atoms with Crippen molar-refractivity contribution in [1.82, 2.24) is 10.6 Å². The van der Waals surface area contributed by atoms with E-state index in [1.807, 2.05) is 19.1 Å². The Labute approximate surface area is 125 Å². The van der Waals surface area contributed by atoms with Crippen molar-refractivity contribution in [1.29, 1.82) is 0 Å². The van der Waals surface area contributed by atoms with Gasteiger partial charge >= 0.3 is 0 Å². The highest BCUT2D eigenvalue weighted by Crippen LogP contribution is 2.04. The van der Waals surface area contributed by atoms with E-state index in [1.54, 1.807) is 12.1 Å². The van der Waals surface area contributed by atoms with Crippen LogP contribution in [0.4, 0.5) is 0 Å². The zero-order chi connectivity index (χ0) is 14.3. The van der Waals surface area contributed by atoms with Gasteiger partial charge in [-0.15, -0.1) is 12.4 Å². The van der Waals surface area contributed by atoms with Crippen LogP contribution in [0.25, 0.3) is 0 Å². The fourth-order valence-corrected chi connectivity index (χ4v) is 1.45. The molecule has 1 aromatic rings. The number of hydrogen-bond donors (Lipinski definition) is 3. The van der Waals surface area contributed by atoms with E-state index in [9.17, 15) is 9.59 Å². The summed E-state index contributed by atoms with van der Waals surface area (Å²) in [6.45, 7) is 5.05. The number of halogens is 1. The molecule has 0 heterocycles. The number of nitrogens with one attached hydrogen (secondary N) is 2. The Bertz CT molecular complexity index is 435. The summed E-state index contributed by atoms with van der Waals surface area (Å²) in [5.41, 5.74) is 7.06. The zero-order valence-electron chi connectivity index (χ0n) is 11.8. The van der Waals surface area contributed by atoms with E-state index in [4.69, 9.17) is 5.73 Å². The second kappa shape index (κ2) is 9.34. The predicted molar refractivity (Wildman–Crippen MR) is 81.8 cm³/mol. The third-order valence-electron chi connectivity index (χ3n) is 2.77. The van der Waals surface area contributed by atoms with Crippen molar-refractivity contribution in [3.63, 3.8) is 0 Å². The number of nitrogens with two attached hydrogens (primary N) is 1. The lowest BCUT2D eigenvalue weighted by Gasteiger charge is -2.10. The molecule has 0 aliphatic rings. The molecular weight excluding hydrogens is 278 g/mol. The highest BCUT2D eigenvalue weighted by Gasteiger charge is 2.07. The molecule has 0 aliphatic heterocycles. The van der Waals surface area contributed by atoms with Crippen LogP contribution in [0.3, 0.4) is 0 Å². The number of hydrogen-bond acceptors (Lipinski definition) is 3. The average molecular weight is 300 g/mol. The molecule has 4 N–H and O–H groups in total. The van der Waals surface area contributed by atoms with Crippen molar-refractivity contribution < 1.29 is 9.59 Å². The Morgan fingerprint density at radius 3 is 2.30 bits per heavy atom. The summed E-state index contributed by atoms with van der Waals surface area (Å²) >= 11 is 0. The number of carbonyl (C=O) groups is 2. The minimum atomic E-state index is -0.105. The summed E-state index contributed by atoms with van der Waals surface area (Å²) in [4.78, 5) is 22.6. The molecule has 1 aromatic carbocycles. The lowest BCUT2D eigenvalue weighted by Crippen LogP contribution is -2.31. The summed E-state index contributed by atoms with van der Waals surface area (Å²) in [6, 6.07) is 7.16. The molecule has 20 heavy (non-hydrogen) atoms. The first-order valence-corrected chi connectivity index (χ1v) is 6.34. The molecule has 1 unspecified atom stereocenters. The SMILES string of the molecule is CC(=O)NCc1ccc(C(=O)NCC(C)CN)cc1.Cl. The molecular formula is C14H22ClN3O2. The molecule has 0 bridgehead atoms. The zero-order valence-corrected chi connectivity index (χ0v) is 12.6. The van der Waals surface area contributed by atoms with Crippen molar-refractivity contribution >= 4 is 24.2 Å².